The maximum atomic E-state index is 15.0. The minimum Gasteiger partial charge on any atom is -0.488 e. The number of benzene rings is 3. The second-order valence-corrected chi connectivity index (χ2v) is 10.0. The number of hydrogen-bond donors (Lipinski definition) is 3. The van der Waals surface area contributed by atoms with Crippen molar-refractivity contribution < 1.29 is 58.9 Å². The Morgan fingerprint density at radius 2 is 1.57 bits per heavy atom. The van der Waals surface area contributed by atoms with E-state index in [1.165, 1.54) is 24.3 Å². The van der Waals surface area contributed by atoms with Crippen molar-refractivity contribution in [2.75, 3.05) is 0 Å². The third kappa shape index (κ3) is 8.14. The van der Waals surface area contributed by atoms with Crippen molar-refractivity contribution in [3.63, 3.8) is 0 Å². The standard InChI is InChI=1S/C29H27F9N2O4/c1-15(2)43-22-12-17(8-9-21(22)31)27(14-16-6-4-3-5-7-16,40-25(42)23(39)24(41)28(34,35)36)18-10-19(30)13-20(11-18)44-29(37,38)26(32)33/h3-13,15,23-24,26,41H,14,39H2,1-2H3,(H,40,42). The summed E-state index contributed by atoms with van der Waals surface area (Å²) in [5, 5.41) is 11.9. The molecule has 0 radical (unpaired) electrons. The Labute approximate surface area is 245 Å². The predicted molar refractivity (Wildman–Crippen MR) is 139 cm³/mol. The smallest absolute Gasteiger partial charge is 0.461 e. The predicted octanol–water partition coefficient (Wildman–Crippen LogP) is 5.84. The van der Waals surface area contributed by atoms with Gasteiger partial charge in [0.2, 0.25) is 5.91 Å². The van der Waals surface area contributed by atoms with Gasteiger partial charge in [-0.05, 0) is 54.8 Å². The van der Waals surface area contributed by atoms with Crippen molar-refractivity contribution in [2.24, 2.45) is 5.73 Å². The van der Waals surface area contributed by atoms with E-state index in [0.29, 0.717) is 23.8 Å². The van der Waals surface area contributed by atoms with Gasteiger partial charge < -0.3 is 25.6 Å². The molecule has 3 aromatic carbocycles. The van der Waals surface area contributed by atoms with E-state index in [-0.39, 0.29) is 5.56 Å². The molecule has 240 valence electrons. The van der Waals surface area contributed by atoms with Gasteiger partial charge >= 0.3 is 18.7 Å². The number of aliphatic hydroxyl groups is 1. The number of aliphatic hydroxyl groups excluding tert-OH is 1. The highest BCUT2D eigenvalue weighted by atomic mass is 19.4. The van der Waals surface area contributed by atoms with Gasteiger partial charge in [0.1, 0.15) is 17.6 Å². The monoisotopic (exact) mass is 638 g/mol. The Morgan fingerprint density at radius 1 is 0.932 bits per heavy atom. The summed E-state index contributed by atoms with van der Waals surface area (Å²) in [6.07, 6.45) is -19.2. The highest BCUT2D eigenvalue weighted by Gasteiger charge is 2.48. The minimum absolute atomic E-state index is 0.183. The van der Waals surface area contributed by atoms with Crippen LogP contribution in [0.15, 0.2) is 66.7 Å². The summed E-state index contributed by atoms with van der Waals surface area (Å²) in [6, 6.07) is 9.58. The lowest BCUT2D eigenvalue weighted by atomic mass is 9.77. The lowest BCUT2D eigenvalue weighted by Gasteiger charge is -2.38. The summed E-state index contributed by atoms with van der Waals surface area (Å²) in [6.45, 7) is 3.09. The number of carbonyl (C=O) groups excluding carboxylic acids is 1. The van der Waals surface area contributed by atoms with Gasteiger partial charge in [0.15, 0.2) is 17.7 Å². The zero-order valence-corrected chi connectivity index (χ0v) is 23.0. The number of halogens is 9. The van der Waals surface area contributed by atoms with Crippen LogP contribution in [-0.4, -0.2) is 48.0 Å². The van der Waals surface area contributed by atoms with Crippen molar-refractivity contribution in [1.82, 2.24) is 5.32 Å². The molecular weight excluding hydrogens is 611 g/mol. The summed E-state index contributed by atoms with van der Waals surface area (Å²) in [5.74, 6) is -5.45. The molecule has 0 spiro atoms. The molecule has 44 heavy (non-hydrogen) atoms. The summed E-state index contributed by atoms with van der Waals surface area (Å²) in [5.41, 5.74) is 2.79. The van der Waals surface area contributed by atoms with Crippen LogP contribution >= 0.6 is 0 Å². The normalized spacial score (nSPS) is 15.1. The molecule has 0 aliphatic heterocycles. The zero-order valence-electron chi connectivity index (χ0n) is 23.0. The topological polar surface area (TPSA) is 93.8 Å². The Morgan fingerprint density at radius 3 is 2.14 bits per heavy atom. The van der Waals surface area contributed by atoms with Gasteiger partial charge in [-0.1, -0.05) is 36.4 Å². The fourth-order valence-electron chi connectivity index (χ4n) is 4.28. The van der Waals surface area contributed by atoms with Gasteiger partial charge in [-0.3, -0.25) is 4.79 Å². The second-order valence-electron chi connectivity index (χ2n) is 10.0. The third-order valence-electron chi connectivity index (χ3n) is 6.29. The Bertz CT molecular complexity index is 1440. The first-order valence-electron chi connectivity index (χ1n) is 12.8. The van der Waals surface area contributed by atoms with Crippen LogP contribution in [0.25, 0.3) is 0 Å². The van der Waals surface area contributed by atoms with Gasteiger partial charge in [-0.2, -0.15) is 30.7 Å². The summed E-state index contributed by atoms with van der Waals surface area (Å²) in [4.78, 5) is 13.3. The fraction of sp³-hybridized carbons (Fsp3) is 0.345. The lowest BCUT2D eigenvalue weighted by molar-refractivity contribution is -0.253. The molecule has 0 aromatic heterocycles. The van der Waals surface area contributed by atoms with Crippen molar-refractivity contribution in [3.05, 3.63) is 95.1 Å². The van der Waals surface area contributed by atoms with E-state index in [1.807, 2.05) is 0 Å². The van der Waals surface area contributed by atoms with Crippen LogP contribution in [0.1, 0.15) is 30.5 Å². The Hall–Kier alpha value is -3.98. The maximum Gasteiger partial charge on any atom is 0.461 e. The number of ether oxygens (including phenoxy) is 2. The zero-order chi connectivity index (χ0) is 33.0. The molecule has 0 saturated heterocycles. The number of rotatable bonds is 12. The molecular formula is C29H27F9N2O4. The first-order valence-corrected chi connectivity index (χ1v) is 12.8. The summed E-state index contributed by atoms with van der Waals surface area (Å²) < 4.78 is 132. The van der Waals surface area contributed by atoms with E-state index < -0.39 is 83.5 Å². The van der Waals surface area contributed by atoms with Crippen molar-refractivity contribution in [1.29, 1.82) is 0 Å². The Balaban J connectivity index is 2.36. The second kappa shape index (κ2) is 13.3. The van der Waals surface area contributed by atoms with Crippen LogP contribution in [0.5, 0.6) is 11.5 Å². The quantitative estimate of drug-likeness (QED) is 0.217. The van der Waals surface area contributed by atoms with Crippen LogP contribution in [0.4, 0.5) is 39.5 Å². The highest BCUT2D eigenvalue weighted by Crippen LogP contribution is 2.40. The third-order valence-corrected chi connectivity index (χ3v) is 6.29. The van der Waals surface area contributed by atoms with E-state index in [4.69, 9.17) is 10.5 Å². The van der Waals surface area contributed by atoms with Gasteiger partial charge in [-0.15, -0.1) is 0 Å². The van der Waals surface area contributed by atoms with Gasteiger partial charge in [-0.25, -0.2) is 8.78 Å². The molecule has 6 nitrogen and oxygen atoms in total. The molecule has 3 aromatic rings. The molecule has 15 heteroatoms. The number of amides is 1. The number of hydrogen-bond acceptors (Lipinski definition) is 5. The molecule has 0 saturated carbocycles. The molecule has 0 aliphatic carbocycles. The molecule has 0 aliphatic rings. The van der Waals surface area contributed by atoms with Crippen molar-refractivity contribution >= 4 is 5.91 Å². The molecule has 0 bridgehead atoms. The lowest BCUT2D eigenvalue weighted by Crippen LogP contribution is -2.59. The maximum absolute atomic E-state index is 15.0. The number of alkyl halides is 7. The van der Waals surface area contributed by atoms with Crippen LogP contribution in [0, 0.1) is 11.6 Å². The van der Waals surface area contributed by atoms with Gasteiger partial charge in [0, 0.05) is 12.5 Å². The number of carbonyl (C=O) groups is 1. The minimum atomic E-state index is -5.35. The average molecular weight is 639 g/mol. The summed E-state index contributed by atoms with van der Waals surface area (Å²) >= 11 is 0. The Kier molecular flexibility index (Phi) is 10.5. The highest BCUT2D eigenvalue weighted by molar-refractivity contribution is 5.84. The van der Waals surface area contributed by atoms with Gasteiger partial charge in [0.05, 0.1) is 11.6 Å². The fourth-order valence-corrected chi connectivity index (χ4v) is 4.28. The van der Waals surface area contributed by atoms with E-state index in [2.05, 4.69) is 10.1 Å². The molecule has 0 fully saturated rings. The first-order chi connectivity index (χ1) is 20.4. The van der Waals surface area contributed by atoms with Crippen LogP contribution in [-0.2, 0) is 16.8 Å². The van der Waals surface area contributed by atoms with Crippen molar-refractivity contribution in [3.8, 4) is 11.5 Å². The molecule has 3 atom stereocenters. The van der Waals surface area contributed by atoms with Crippen LogP contribution in [0.2, 0.25) is 0 Å². The average Bonchev–Trinajstić information content (AvgIpc) is 2.92. The molecule has 3 unspecified atom stereocenters. The van der Waals surface area contributed by atoms with Crippen LogP contribution in [0.3, 0.4) is 0 Å². The van der Waals surface area contributed by atoms with E-state index in [1.54, 1.807) is 19.9 Å². The molecule has 1 amide bonds. The molecule has 4 N–H and O–H groups in total. The number of nitrogens with one attached hydrogen (secondary N) is 1. The van der Waals surface area contributed by atoms with Crippen LogP contribution < -0.4 is 20.5 Å². The molecule has 0 heterocycles. The summed E-state index contributed by atoms with van der Waals surface area (Å²) in [7, 11) is 0. The first kappa shape index (κ1) is 34.5. The van der Waals surface area contributed by atoms with Crippen molar-refractivity contribution in [2.45, 2.75) is 62.8 Å². The SMILES string of the molecule is CC(C)Oc1cc(C(Cc2ccccc2)(NC(=O)C(N)C(O)C(F)(F)F)c2cc(F)cc(OC(F)(F)C(F)F)c2)ccc1F. The van der Waals surface area contributed by atoms with E-state index >= 15 is 0 Å². The van der Waals surface area contributed by atoms with Gasteiger partial charge in [0.25, 0.3) is 0 Å². The largest absolute Gasteiger partial charge is 0.488 e. The number of nitrogens with two attached hydrogens (primary N) is 1. The van der Waals surface area contributed by atoms with E-state index in [0.717, 1.165) is 18.2 Å². The van der Waals surface area contributed by atoms with E-state index in [9.17, 15) is 49.4 Å². The molecule has 3 rings (SSSR count).